The molecular weight excluding hydrogens is 314 g/mol. The van der Waals surface area contributed by atoms with Crippen LogP contribution in [0.3, 0.4) is 0 Å². The summed E-state index contributed by atoms with van der Waals surface area (Å²) in [6.45, 7) is 3.18. The Labute approximate surface area is 146 Å². The molecule has 3 aromatic rings. The maximum absolute atomic E-state index is 12.3. The molecule has 1 aromatic carbocycles. The summed E-state index contributed by atoms with van der Waals surface area (Å²) < 4.78 is 5.60. The zero-order chi connectivity index (χ0) is 17.1. The SMILES string of the molecule is O=C(Oc1ccc(CN2CCCC2)c2cccnc12)c1ccncc1. The maximum atomic E-state index is 12.3. The van der Waals surface area contributed by atoms with Gasteiger partial charge in [0.15, 0.2) is 5.75 Å². The number of esters is 1. The van der Waals surface area contributed by atoms with Crippen LogP contribution in [0.2, 0.25) is 0 Å². The zero-order valence-corrected chi connectivity index (χ0v) is 13.9. The number of carbonyl (C=O) groups is 1. The first-order valence-corrected chi connectivity index (χ1v) is 8.52. The smallest absolute Gasteiger partial charge is 0.343 e. The monoisotopic (exact) mass is 333 g/mol. The Morgan fingerprint density at radius 1 is 1.04 bits per heavy atom. The molecule has 0 atom stereocenters. The molecule has 0 N–H and O–H groups in total. The quantitative estimate of drug-likeness (QED) is 0.541. The van der Waals surface area contributed by atoms with Crippen molar-refractivity contribution in [3.8, 4) is 5.75 Å². The Bertz CT molecular complexity index is 890. The minimum atomic E-state index is -0.401. The van der Waals surface area contributed by atoms with E-state index < -0.39 is 5.97 Å². The third-order valence-electron chi connectivity index (χ3n) is 4.53. The van der Waals surface area contributed by atoms with Crippen LogP contribution in [-0.2, 0) is 6.54 Å². The second-order valence-corrected chi connectivity index (χ2v) is 6.23. The fourth-order valence-corrected chi connectivity index (χ4v) is 3.25. The van der Waals surface area contributed by atoms with Gasteiger partial charge in [-0.3, -0.25) is 14.9 Å². The lowest BCUT2D eigenvalue weighted by Crippen LogP contribution is -2.18. The summed E-state index contributed by atoms with van der Waals surface area (Å²) in [6.07, 6.45) is 7.40. The lowest BCUT2D eigenvalue weighted by molar-refractivity contribution is 0.0736. The van der Waals surface area contributed by atoms with Gasteiger partial charge in [0.2, 0.25) is 0 Å². The number of hydrogen-bond donors (Lipinski definition) is 0. The van der Waals surface area contributed by atoms with E-state index in [9.17, 15) is 4.79 Å². The van der Waals surface area contributed by atoms with E-state index in [-0.39, 0.29) is 0 Å². The third kappa shape index (κ3) is 3.37. The Hall–Kier alpha value is -2.79. The lowest BCUT2D eigenvalue weighted by atomic mass is 10.1. The Morgan fingerprint density at radius 3 is 2.64 bits per heavy atom. The molecule has 0 saturated carbocycles. The van der Waals surface area contributed by atoms with Crippen molar-refractivity contribution >= 4 is 16.9 Å². The van der Waals surface area contributed by atoms with Crippen LogP contribution in [0, 0.1) is 0 Å². The normalized spacial score (nSPS) is 14.7. The summed E-state index contributed by atoms with van der Waals surface area (Å²) in [7, 11) is 0. The second-order valence-electron chi connectivity index (χ2n) is 6.23. The summed E-state index contributed by atoms with van der Waals surface area (Å²) in [6, 6.07) is 11.1. The predicted octanol–water partition coefficient (Wildman–Crippen LogP) is 3.44. The molecule has 2 aromatic heterocycles. The summed E-state index contributed by atoms with van der Waals surface area (Å²) in [5, 5.41) is 1.04. The van der Waals surface area contributed by atoms with Crippen LogP contribution in [0.25, 0.3) is 10.9 Å². The van der Waals surface area contributed by atoms with Gasteiger partial charge in [-0.25, -0.2) is 4.79 Å². The molecule has 1 saturated heterocycles. The van der Waals surface area contributed by atoms with Crippen molar-refractivity contribution in [1.82, 2.24) is 14.9 Å². The fourth-order valence-electron chi connectivity index (χ4n) is 3.25. The molecule has 126 valence electrons. The van der Waals surface area contributed by atoms with Crippen LogP contribution in [-0.4, -0.2) is 33.9 Å². The van der Waals surface area contributed by atoms with Crippen molar-refractivity contribution in [3.63, 3.8) is 0 Å². The van der Waals surface area contributed by atoms with Crippen molar-refractivity contribution in [3.05, 3.63) is 66.1 Å². The van der Waals surface area contributed by atoms with Crippen LogP contribution < -0.4 is 4.74 Å². The van der Waals surface area contributed by atoms with E-state index in [1.54, 1.807) is 30.7 Å². The van der Waals surface area contributed by atoms with Crippen LogP contribution >= 0.6 is 0 Å². The first-order valence-electron chi connectivity index (χ1n) is 8.52. The number of likely N-dealkylation sites (tertiary alicyclic amines) is 1. The number of fused-ring (bicyclic) bond motifs is 1. The first-order chi connectivity index (χ1) is 12.3. The van der Waals surface area contributed by atoms with Gasteiger partial charge in [-0.1, -0.05) is 12.1 Å². The van der Waals surface area contributed by atoms with Crippen molar-refractivity contribution in [2.24, 2.45) is 0 Å². The van der Waals surface area contributed by atoms with Crippen molar-refractivity contribution in [2.75, 3.05) is 13.1 Å². The number of rotatable bonds is 4. The number of carbonyl (C=O) groups excluding carboxylic acids is 1. The minimum absolute atomic E-state index is 0.401. The highest BCUT2D eigenvalue weighted by Gasteiger charge is 2.16. The van der Waals surface area contributed by atoms with Gasteiger partial charge in [-0.15, -0.1) is 0 Å². The average Bonchev–Trinajstić information content (AvgIpc) is 3.17. The van der Waals surface area contributed by atoms with Gasteiger partial charge in [0, 0.05) is 30.5 Å². The van der Waals surface area contributed by atoms with Gasteiger partial charge in [-0.05, 0) is 55.8 Å². The number of benzene rings is 1. The van der Waals surface area contributed by atoms with Crippen molar-refractivity contribution in [1.29, 1.82) is 0 Å². The Kier molecular flexibility index (Phi) is 4.39. The summed E-state index contributed by atoms with van der Waals surface area (Å²) >= 11 is 0. The highest BCUT2D eigenvalue weighted by molar-refractivity contribution is 5.94. The molecule has 0 bridgehead atoms. The minimum Gasteiger partial charge on any atom is -0.421 e. The van der Waals surface area contributed by atoms with E-state index in [0.717, 1.165) is 30.5 Å². The molecule has 1 fully saturated rings. The molecule has 4 rings (SSSR count). The number of pyridine rings is 2. The topological polar surface area (TPSA) is 55.3 Å². The van der Waals surface area contributed by atoms with Crippen LogP contribution in [0.15, 0.2) is 55.0 Å². The van der Waals surface area contributed by atoms with Gasteiger partial charge in [-0.2, -0.15) is 0 Å². The molecule has 0 aliphatic carbocycles. The summed E-state index contributed by atoms with van der Waals surface area (Å²) in [5.74, 6) is 0.0873. The number of hydrogen-bond acceptors (Lipinski definition) is 5. The molecule has 0 unspecified atom stereocenters. The van der Waals surface area contributed by atoms with E-state index >= 15 is 0 Å². The highest BCUT2D eigenvalue weighted by atomic mass is 16.5. The predicted molar refractivity (Wildman–Crippen MR) is 95.4 cm³/mol. The fraction of sp³-hybridized carbons (Fsp3) is 0.250. The summed E-state index contributed by atoms with van der Waals surface area (Å²) in [4.78, 5) is 23.2. The largest absolute Gasteiger partial charge is 0.421 e. The lowest BCUT2D eigenvalue weighted by Gasteiger charge is -2.17. The van der Waals surface area contributed by atoms with Gasteiger partial charge in [0.25, 0.3) is 0 Å². The Morgan fingerprint density at radius 2 is 1.84 bits per heavy atom. The molecule has 3 heterocycles. The number of ether oxygens (including phenoxy) is 1. The molecule has 5 nitrogen and oxygen atoms in total. The average molecular weight is 333 g/mol. The second kappa shape index (κ2) is 6.99. The Balaban J connectivity index is 1.65. The van der Waals surface area contributed by atoms with E-state index in [2.05, 4.69) is 14.9 Å². The van der Waals surface area contributed by atoms with Gasteiger partial charge in [0.1, 0.15) is 5.52 Å². The third-order valence-corrected chi connectivity index (χ3v) is 4.53. The van der Waals surface area contributed by atoms with Crippen LogP contribution in [0.4, 0.5) is 0 Å². The van der Waals surface area contributed by atoms with Gasteiger partial charge < -0.3 is 4.74 Å². The molecule has 25 heavy (non-hydrogen) atoms. The number of nitrogens with zero attached hydrogens (tertiary/aromatic N) is 3. The number of aromatic nitrogens is 2. The highest BCUT2D eigenvalue weighted by Crippen LogP contribution is 2.28. The zero-order valence-electron chi connectivity index (χ0n) is 13.9. The molecule has 1 aliphatic rings. The molecule has 5 heteroatoms. The van der Waals surface area contributed by atoms with E-state index in [0.29, 0.717) is 11.3 Å². The van der Waals surface area contributed by atoms with Gasteiger partial charge in [0.05, 0.1) is 5.56 Å². The van der Waals surface area contributed by atoms with Crippen molar-refractivity contribution in [2.45, 2.75) is 19.4 Å². The van der Waals surface area contributed by atoms with E-state index in [1.807, 2.05) is 24.3 Å². The standard InChI is InChI=1S/C20H19N3O2/c24-20(15-7-10-21-11-8-15)25-18-6-5-16(14-23-12-1-2-13-23)17-4-3-9-22-19(17)18/h3-11H,1-2,12-14H2. The molecule has 0 amide bonds. The van der Waals surface area contributed by atoms with Crippen LogP contribution in [0.5, 0.6) is 5.75 Å². The van der Waals surface area contributed by atoms with E-state index in [1.165, 1.54) is 18.4 Å². The molecule has 0 spiro atoms. The van der Waals surface area contributed by atoms with Crippen LogP contribution in [0.1, 0.15) is 28.8 Å². The first kappa shape index (κ1) is 15.7. The molecule has 1 aliphatic heterocycles. The van der Waals surface area contributed by atoms with Gasteiger partial charge >= 0.3 is 5.97 Å². The maximum Gasteiger partial charge on any atom is 0.343 e. The summed E-state index contributed by atoms with van der Waals surface area (Å²) in [5.41, 5.74) is 2.41. The molecular formula is C20H19N3O2. The van der Waals surface area contributed by atoms with Crippen molar-refractivity contribution < 1.29 is 9.53 Å². The van der Waals surface area contributed by atoms with E-state index in [4.69, 9.17) is 4.74 Å². The molecule has 0 radical (unpaired) electrons.